The third kappa shape index (κ3) is 3.33. The normalized spacial score (nSPS) is 16.7. The van der Waals surface area contributed by atoms with Crippen LogP contribution < -0.4 is 10.8 Å². The van der Waals surface area contributed by atoms with E-state index in [9.17, 15) is 10.0 Å². The number of piperazine rings is 1. The van der Waals surface area contributed by atoms with Gasteiger partial charge in [-0.3, -0.25) is 4.90 Å². The van der Waals surface area contributed by atoms with Crippen LogP contribution in [-0.2, 0) is 6.54 Å². The van der Waals surface area contributed by atoms with Crippen molar-refractivity contribution in [1.29, 1.82) is 0 Å². The van der Waals surface area contributed by atoms with Gasteiger partial charge in [0.1, 0.15) is 0 Å². The molecule has 0 saturated carbocycles. The Morgan fingerprint density at radius 2 is 1.89 bits per heavy atom. The summed E-state index contributed by atoms with van der Waals surface area (Å²) in [5.74, 6) is 0. The summed E-state index contributed by atoms with van der Waals surface area (Å²) in [6.45, 7) is 8.81. The fourth-order valence-corrected chi connectivity index (χ4v) is 2.79. The second kappa shape index (κ2) is 6.28. The number of hydrogen-bond acceptors (Lipinski definition) is 5. The maximum atomic E-state index is 9.45. The van der Waals surface area contributed by atoms with E-state index in [1.807, 2.05) is 19.9 Å². The molecule has 2 rings (SSSR count). The van der Waals surface area contributed by atoms with Crippen LogP contribution in [0.15, 0.2) is 11.0 Å². The highest BCUT2D eigenvalue weighted by atomic mass is 32.1. The molecule has 19 heavy (non-hydrogen) atoms. The van der Waals surface area contributed by atoms with Crippen molar-refractivity contribution in [2.45, 2.75) is 25.3 Å². The molecule has 0 unspecified atom stereocenters. The van der Waals surface area contributed by atoms with Gasteiger partial charge in [0, 0.05) is 37.6 Å². The molecule has 0 aromatic heterocycles. The van der Waals surface area contributed by atoms with E-state index in [1.54, 1.807) is 0 Å². The summed E-state index contributed by atoms with van der Waals surface area (Å²) >= 11 is 4.51. The molecule has 1 aromatic carbocycles. The fourth-order valence-electron chi connectivity index (χ4n) is 2.52. The molecular formula is C13H21BN2O2S. The van der Waals surface area contributed by atoms with Gasteiger partial charge in [-0.25, -0.2) is 0 Å². The molecule has 1 saturated heterocycles. The molecule has 0 bridgehead atoms. The number of hydrogen-bond donors (Lipinski definition) is 4. The first-order chi connectivity index (χ1) is 9.00. The van der Waals surface area contributed by atoms with Crippen molar-refractivity contribution in [2.75, 3.05) is 26.2 Å². The molecule has 1 aliphatic heterocycles. The first kappa shape index (κ1) is 14.9. The highest BCUT2D eigenvalue weighted by Gasteiger charge is 2.20. The predicted octanol–water partition coefficient (Wildman–Crippen LogP) is -0.323. The minimum atomic E-state index is -1.44. The molecule has 3 N–H and O–H groups in total. The third-order valence-corrected chi connectivity index (χ3v) is 4.51. The van der Waals surface area contributed by atoms with Crippen LogP contribution in [0.25, 0.3) is 0 Å². The molecule has 0 aliphatic carbocycles. The number of thiol groups is 1. The quantitative estimate of drug-likeness (QED) is 0.453. The van der Waals surface area contributed by atoms with E-state index in [1.165, 1.54) is 0 Å². The summed E-state index contributed by atoms with van der Waals surface area (Å²) in [5.41, 5.74) is 3.66. The Morgan fingerprint density at radius 3 is 2.47 bits per heavy atom. The average molecular weight is 280 g/mol. The van der Waals surface area contributed by atoms with Crippen LogP contribution in [-0.4, -0.2) is 48.2 Å². The lowest BCUT2D eigenvalue weighted by atomic mass is 9.75. The van der Waals surface area contributed by atoms with Crippen LogP contribution >= 0.6 is 12.6 Å². The van der Waals surface area contributed by atoms with Crippen molar-refractivity contribution in [2.24, 2.45) is 0 Å². The highest BCUT2D eigenvalue weighted by molar-refractivity contribution is 7.80. The Balaban J connectivity index is 2.28. The molecule has 0 spiro atoms. The molecule has 0 atom stereocenters. The highest BCUT2D eigenvalue weighted by Crippen LogP contribution is 2.22. The largest absolute Gasteiger partial charge is 0.488 e. The molecule has 4 nitrogen and oxygen atoms in total. The third-order valence-electron chi connectivity index (χ3n) is 3.84. The van der Waals surface area contributed by atoms with Crippen molar-refractivity contribution >= 4 is 25.2 Å². The zero-order valence-electron chi connectivity index (χ0n) is 11.5. The van der Waals surface area contributed by atoms with Crippen molar-refractivity contribution in [3.63, 3.8) is 0 Å². The van der Waals surface area contributed by atoms with Gasteiger partial charge in [-0.05, 0) is 36.0 Å². The zero-order valence-corrected chi connectivity index (χ0v) is 12.4. The standard InChI is InChI=1S/C13H21BN2O2S/c1-9-11(8-16-5-3-15-4-6-16)7-12(14(17)18)10(2)13(9)19/h7,15,17-19H,3-6,8H2,1-2H3. The molecule has 6 heteroatoms. The van der Waals surface area contributed by atoms with Crippen molar-refractivity contribution in [1.82, 2.24) is 10.2 Å². The van der Waals surface area contributed by atoms with Crippen LogP contribution in [0.2, 0.25) is 0 Å². The van der Waals surface area contributed by atoms with E-state index < -0.39 is 7.12 Å². The number of nitrogens with one attached hydrogen (secondary N) is 1. The van der Waals surface area contributed by atoms with Crippen LogP contribution in [0.5, 0.6) is 0 Å². The van der Waals surface area contributed by atoms with Gasteiger partial charge in [0.25, 0.3) is 0 Å². The van der Waals surface area contributed by atoms with Gasteiger partial charge in [-0.2, -0.15) is 0 Å². The second-order valence-corrected chi connectivity index (χ2v) is 5.57. The fraction of sp³-hybridized carbons (Fsp3) is 0.538. The Morgan fingerprint density at radius 1 is 1.26 bits per heavy atom. The van der Waals surface area contributed by atoms with E-state index in [4.69, 9.17) is 0 Å². The Labute approximate surface area is 120 Å². The summed E-state index contributed by atoms with van der Waals surface area (Å²) < 4.78 is 0. The summed E-state index contributed by atoms with van der Waals surface area (Å²) in [6.07, 6.45) is 0. The van der Waals surface area contributed by atoms with E-state index >= 15 is 0 Å². The molecule has 0 amide bonds. The monoisotopic (exact) mass is 280 g/mol. The van der Waals surface area contributed by atoms with E-state index in [0.29, 0.717) is 5.46 Å². The van der Waals surface area contributed by atoms with Gasteiger partial charge >= 0.3 is 7.12 Å². The zero-order chi connectivity index (χ0) is 14.0. The smallest absolute Gasteiger partial charge is 0.423 e. The van der Waals surface area contributed by atoms with Gasteiger partial charge in [-0.1, -0.05) is 6.07 Å². The molecule has 1 fully saturated rings. The van der Waals surface area contributed by atoms with Crippen LogP contribution in [0, 0.1) is 13.8 Å². The molecule has 104 valence electrons. The first-order valence-corrected chi connectivity index (χ1v) is 7.06. The molecule has 1 aliphatic rings. The second-order valence-electron chi connectivity index (χ2n) is 5.12. The topological polar surface area (TPSA) is 55.7 Å². The minimum absolute atomic E-state index is 0.556. The average Bonchev–Trinajstić information content (AvgIpc) is 2.40. The van der Waals surface area contributed by atoms with E-state index in [0.717, 1.165) is 54.3 Å². The minimum Gasteiger partial charge on any atom is -0.423 e. The summed E-state index contributed by atoms with van der Waals surface area (Å²) in [4.78, 5) is 3.23. The van der Waals surface area contributed by atoms with Gasteiger partial charge < -0.3 is 15.4 Å². The van der Waals surface area contributed by atoms with Crippen molar-refractivity contribution in [3.05, 3.63) is 22.8 Å². The Bertz CT molecular complexity index is 462. The lowest BCUT2D eigenvalue weighted by Crippen LogP contribution is -2.43. The van der Waals surface area contributed by atoms with Crippen LogP contribution in [0.1, 0.15) is 16.7 Å². The SMILES string of the molecule is Cc1c(CN2CCNCC2)cc(B(O)O)c(C)c1S. The molecule has 0 radical (unpaired) electrons. The summed E-state index contributed by atoms with van der Waals surface area (Å²) in [6, 6.07) is 1.90. The van der Waals surface area contributed by atoms with Crippen LogP contribution in [0.3, 0.4) is 0 Å². The lowest BCUT2D eigenvalue weighted by Gasteiger charge is -2.28. The molecular weight excluding hydrogens is 259 g/mol. The van der Waals surface area contributed by atoms with Crippen molar-refractivity contribution in [3.8, 4) is 0 Å². The van der Waals surface area contributed by atoms with Crippen LogP contribution in [0.4, 0.5) is 0 Å². The maximum absolute atomic E-state index is 9.45. The van der Waals surface area contributed by atoms with Crippen molar-refractivity contribution < 1.29 is 10.0 Å². The number of rotatable bonds is 3. The summed E-state index contributed by atoms with van der Waals surface area (Å²) in [7, 11) is -1.44. The Kier molecular flexibility index (Phi) is 4.92. The predicted molar refractivity (Wildman–Crippen MR) is 81.1 cm³/mol. The van der Waals surface area contributed by atoms with E-state index in [2.05, 4.69) is 22.8 Å². The van der Waals surface area contributed by atoms with Gasteiger partial charge in [0.15, 0.2) is 0 Å². The van der Waals surface area contributed by atoms with Gasteiger partial charge in [0.2, 0.25) is 0 Å². The number of nitrogens with zero attached hydrogens (tertiary/aromatic N) is 1. The number of benzene rings is 1. The first-order valence-electron chi connectivity index (χ1n) is 6.62. The summed E-state index contributed by atoms with van der Waals surface area (Å²) in [5, 5.41) is 22.2. The van der Waals surface area contributed by atoms with Gasteiger partial charge in [-0.15, -0.1) is 12.6 Å². The van der Waals surface area contributed by atoms with E-state index in [-0.39, 0.29) is 0 Å². The molecule has 1 heterocycles. The van der Waals surface area contributed by atoms with Gasteiger partial charge in [0.05, 0.1) is 0 Å². The molecule has 1 aromatic rings. The Hall–Kier alpha value is -0.525. The maximum Gasteiger partial charge on any atom is 0.488 e. The lowest BCUT2D eigenvalue weighted by molar-refractivity contribution is 0.232.